The van der Waals surface area contributed by atoms with Crippen LogP contribution in [0, 0.1) is 18.3 Å². The Morgan fingerprint density at radius 1 is 1.13 bits per heavy atom. The fraction of sp³-hybridized carbons (Fsp3) is 0.0417. The van der Waals surface area contributed by atoms with Crippen LogP contribution in [0.25, 0.3) is 20.8 Å². The Morgan fingerprint density at radius 3 is 2.65 bits per heavy atom. The summed E-state index contributed by atoms with van der Waals surface area (Å²) in [4.78, 5) is 17.0. The molecule has 152 valence electrons. The minimum Gasteiger partial charge on any atom is -0.360 e. The first kappa shape index (κ1) is 20.6. The molecule has 2 N–H and O–H groups in total. The fourth-order valence-corrected chi connectivity index (χ4v) is 4.17. The third-order valence-electron chi connectivity index (χ3n) is 4.55. The van der Waals surface area contributed by atoms with E-state index in [1.54, 1.807) is 35.6 Å². The van der Waals surface area contributed by atoms with Crippen LogP contribution in [0.2, 0.25) is 5.02 Å². The van der Waals surface area contributed by atoms with Crippen molar-refractivity contribution in [1.29, 1.82) is 5.26 Å². The van der Waals surface area contributed by atoms with E-state index in [1.807, 2.05) is 36.4 Å². The van der Waals surface area contributed by atoms with Gasteiger partial charge in [-0.1, -0.05) is 29.8 Å². The number of aryl methyl sites for hydroxylation is 1. The standard InChI is InChI=1S/C24H17ClN4OS/c1-15-6-11-21-22(12-15)31-24(29-21)16-7-9-18(10-8-16)27-14-17(13-26)23(30)28-20-5-3-2-4-19(20)25/h2-12,14,27H,1H3,(H,28,30)/b17-14-. The molecule has 0 aliphatic carbocycles. The number of anilines is 2. The van der Waals surface area contributed by atoms with E-state index in [1.165, 1.54) is 11.8 Å². The molecule has 4 rings (SSSR count). The van der Waals surface area contributed by atoms with E-state index >= 15 is 0 Å². The summed E-state index contributed by atoms with van der Waals surface area (Å²) in [5.41, 5.74) is 4.33. The highest BCUT2D eigenvalue weighted by atomic mass is 35.5. The van der Waals surface area contributed by atoms with Gasteiger partial charge in [0.2, 0.25) is 0 Å². The molecule has 5 nitrogen and oxygen atoms in total. The van der Waals surface area contributed by atoms with Crippen molar-refractivity contribution in [3.05, 3.63) is 89.1 Å². The number of halogens is 1. The Bertz CT molecular complexity index is 1340. The van der Waals surface area contributed by atoms with Gasteiger partial charge in [-0.2, -0.15) is 5.26 Å². The maximum atomic E-state index is 12.4. The Balaban J connectivity index is 1.47. The van der Waals surface area contributed by atoms with Crippen molar-refractivity contribution in [3.8, 4) is 16.6 Å². The van der Waals surface area contributed by atoms with E-state index in [-0.39, 0.29) is 5.57 Å². The van der Waals surface area contributed by atoms with Crippen LogP contribution in [0.3, 0.4) is 0 Å². The molecular formula is C24H17ClN4OS. The summed E-state index contributed by atoms with van der Waals surface area (Å²) in [7, 11) is 0. The monoisotopic (exact) mass is 444 g/mol. The predicted octanol–water partition coefficient (Wildman–Crippen LogP) is 6.38. The zero-order valence-electron chi connectivity index (χ0n) is 16.5. The lowest BCUT2D eigenvalue weighted by molar-refractivity contribution is -0.112. The number of hydrogen-bond donors (Lipinski definition) is 2. The lowest BCUT2D eigenvalue weighted by Gasteiger charge is -2.07. The van der Waals surface area contributed by atoms with E-state index in [2.05, 4.69) is 29.7 Å². The van der Waals surface area contributed by atoms with Crippen molar-refractivity contribution < 1.29 is 4.79 Å². The highest BCUT2D eigenvalue weighted by Crippen LogP contribution is 2.31. The van der Waals surface area contributed by atoms with Crippen molar-refractivity contribution in [2.24, 2.45) is 0 Å². The number of fused-ring (bicyclic) bond motifs is 1. The average Bonchev–Trinajstić information content (AvgIpc) is 3.19. The molecule has 0 atom stereocenters. The van der Waals surface area contributed by atoms with Crippen LogP contribution in [0.15, 0.2) is 78.5 Å². The number of carbonyl (C=O) groups excluding carboxylic acids is 1. The van der Waals surface area contributed by atoms with Gasteiger partial charge in [0.05, 0.1) is 20.9 Å². The number of thiazole rings is 1. The lowest BCUT2D eigenvalue weighted by atomic mass is 10.2. The number of benzene rings is 3. The number of para-hydroxylation sites is 1. The van der Waals surface area contributed by atoms with Crippen LogP contribution < -0.4 is 10.6 Å². The Hall–Kier alpha value is -3.66. The summed E-state index contributed by atoms with van der Waals surface area (Å²) in [6.07, 6.45) is 1.38. The summed E-state index contributed by atoms with van der Waals surface area (Å²) in [5.74, 6) is -0.538. The molecule has 0 aliphatic heterocycles. The van der Waals surface area contributed by atoms with E-state index in [4.69, 9.17) is 16.6 Å². The first-order valence-electron chi connectivity index (χ1n) is 9.44. The van der Waals surface area contributed by atoms with Gasteiger partial charge in [-0.15, -0.1) is 11.3 Å². The number of nitriles is 1. The van der Waals surface area contributed by atoms with Gasteiger partial charge < -0.3 is 10.6 Å². The van der Waals surface area contributed by atoms with Gasteiger partial charge in [-0.25, -0.2) is 4.98 Å². The van der Waals surface area contributed by atoms with Crippen LogP contribution in [0.4, 0.5) is 11.4 Å². The molecule has 1 amide bonds. The highest BCUT2D eigenvalue weighted by molar-refractivity contribution is 7.21. The van der Waals surface area contributed by atoms with Gasteiger partial charge in [0.1, 0.15) is 16.6 Å². The first-order chi connectivity index (χ1) is 15.0. The molecular weight excluding hydrogens is 428 g/mol. The van der Waals surface area contributed by atoms with Gasteiger partial charge in [-0.05, 0) is 61.0 Å². The van der Waals surface area contributed by atoms with Crippen molar-refractivity contribution in [2.75, 3.05) is 10.6 Å². The van der Waals surface area contributed by atoms with Crippen molar-refractivity contribution in [3.63, 3.8) is 0 Å². The molecule has 0 saturated carbocycles. The quantitative estimate of drug-likeness (QED) is 0.276. The smallest absolute Gasteiger partial charge is 0.267 e. The Kier molecular flexibility index (Phi) is 5.99. The molecule has 0 fully saturated rings. The number of nitrogens with one attached hydrogen (secondary N) is 2. The fourth-order valence-electron chi connectivity index (χ4n) is 2.92. The average molecular weight is 445 g/mol. The number of nitrogens with zero attached hydrogens (tertiary/aromatic N) is 2. The molecule has 31 heavy (non-hydrogen) atoms. The third kappa shape index (κ3) is 4.75. The molecule has 0 aliphatic rings. The van der Waals surface area contributed by atoms with Crippen LogP contribution in [0.5, 0.6) is 0 Å². The highest BCUT2D eigenvalue weighted by Gasteiger charge is 2.11. The number of amides is 1. The molecule has 1 aromatic heterocycles. The van der Waals surface area contributed by atoms with E-state index in [0.29, 0.717) is 10.7 Å². The van der Waals surface area contributed by atoms with E-state index in [9.17, 15) is 10.1 Å². The largest absolute Gasteiger partial charge is 0.360 e. The van der Waals surface area contributed by atoms with Crippen LogP contribution >= 0.6 is 22.9 Å². The number of aromatic nitrogens is 1. The van der Waals surface area contributed by atoms with Crippen LogP contribution in [0.1, 0.15) is 5.56 Å². The normalized spacial score (nSPS) is 11.2. The third-order valence-corrected chi connectivity index (χ3v) is 5.94. The van der Waals surface area contributed by atoms with Gasteiger partial charge in [0.15, 0.2) is 0 Å². The molecule has 0 unspecified atom stereocenters. The van der Waals surface area contributed by atoms with E-state index < -0.39 is 5.91 Å². The Labute approximate surface area is 188 Å². The SMILES string of the molecule is Cc1ccc2nc(-c3ccc(N/C=C(/C#N)C(=O)Nc4ccccc4Cl)cc3)sc2c1. The van der Waals surface area contributed by atoms with E-state index in [0.717, 1.165) is 26.5 Å². The minimum atomic E-state index is -0.538. The molecule has 0 bridgehead atoms. The molecule has 3 aromatic carbocycles. The van der Waals surface area contributed by atoms with Crippen LogP contribution in [-0.4, -0.2) is 10.9 Å². The zero-order chi connectivity index (χ0) is 21.8. The number of hydrogen-bond acceptors (Lipinski definition) is 5. The molecule has 7 heteroatoms. The van der Waals surface area contributed by atoms with Gasteiger partial charge in [0, 0.05) is 17.5 Å². The van der Waals surface area contributed by atoms with Crippen molar-refractivity contribution in [1.82, 2.24) is 4.98 Å². The summed E-state index contributed by atoms with van der Waals surface area (Å²) in [6, 6.07) is 22.6. The topological polar surface area (TPSA) is 77.8 Å². The van der Waals surface area contributed by atoms with Crippen LogP contribution in [-0.2, 0) is 4.79 Å². The second-order valence-electron chi connectivity index (χ2n) is 6.82. The number of rotatable bonds is 5. The molecule has 0 spiro atoms. The second-order valence-corrected chi connectivity index (χ2v) is 8.25. The van der Waals surface area contributed by atoms with Gasteiger partial charge in [0.25, 0.3) is 5.91 Å². The molecule has 4 aromatic rings. The first-order valence-corrected chi connectivity index (χ1v) is 10.6. The maximum absolute atomic E-state index is 12.4. The predicted molar refractivity (Wildman–Crippen MR) is 127 cm³/mol. The Morgan fingerprint density at radius 2 is 1.90 bits per heavy atom. The minimum absolute atomic E-state index is 0.0643. The molecule has 0 radical (unpaired) electrons. The number of carbonyl (C=O) groups is 1. The lowest BCUT2D eigenvalue weighted by Crippen LogP contribution is -2.14. The maximum Gasteiger partial charge on any atom is 0.267 e. The second kappa shape index (κ2) is 9.00. The summed E-state index contributed by atoms with van der Waals surface area (Å²) < 4.78 is 1.16. The summed E-state index contributed by atoms with van der Waals surface area (Å²) in [6.45, 7) is 2.07. The van der Waals surface area contributed by atoms with Crippen molar-refractivity contribution in [2.45, 2.75) is 6.92 Å². The molecule has 0 saturated heterocycles. The van der Waals surface area contributed by atoms with Gasteiger partial charge >= 0.3 is 0 Å². The zero-order valence-corrected chi connectivity index (χ0v) is 18.1. The van der Waals surface area contributed by atoms with Crippen molar-refractivity contribution >= 4 is 50.4 Å². The van der Waals surface area contributed by atoms with Gasteiger partial charge in [-0.3, -0.25) is 4.79 Å². The summed E-state index contributed by atoms with van der Waals surface area (Å²) >= 11 is 7.70. The molecule has 1 heterocycles. The summed E-state index contributed by atoms with van der Waals surface area (Å²) in [5, 5.41) is 16.3.